The summed E-state index contributed by atoms with van der Waals surface area (Å²) in [6.45, 7) is 8.90. The van der Waals surface area contributed by atoms with Gasteiger partial charge in [0.2, 0.25) is 0 Å². The number of likely N-dealkylation sites (N-methyl/N-ethyl adjacent to an activating group) is 1. The molecule has 4 rings (SSSR count). The number of hydrogen-bond donors (Lipinski definition) is 1. The van der Waals surface area contributed by atoms with Crippen LogP contribution in [0.25, 0.3) is 11.0 Å². The Labute approximate surface area is 183 Å². The van der Waals surface area contributed by atoms with Crippen molar-refractivity contribution in [3.8, 4) is 5.75 Å². The zero-order chi connectivity index (χ0) is 21.6. The fourth-order valence-electron chi connectivity index (χ4n) is 4.00. The lowest BCUT2D eigenvalue weighted by Gasteiger charge is -2.33. The Balaban J connectivity index is 1.34. The molecule has 1 amide bonds. The molecule has 1 fully saturated rings. The maximum Gasteiger partial charge on any atom is 0.262 e. The Morgan fingerprint density at radius 1 is 1.06 bits per heavy atom. The van der Waals surface area contributed by atoms with Crippen LogP contribution < -0.4 is 10.1 Å². The summed E-state index contributed by atoms with van der Waals surface area (Å²) in [5, 5.41) is 2.90. The Morgan fingerprint density at radius 3 is 2.55 bits per heavy atom. The summed E-state index contributed by atoms with van der Waals surface area (Å²) in [6.07, 6.45) is 0.921. The standard InChI is InChI=1S/C24H31N5O2/c1-3-28-13-15-29(16-14-28)12-11-23-26-21-17-19(9-10-22(21)27(23)2)25-24(30)18-31-20-7-5-4-6-8-20/h4-10,17H,3,11-16,18H2,1-2H3,(H,25,30). The number of anilines is 1. The second-order valence-electron chi connectivity index (χ2n) is 7.97. The molecule has 164 valence electrons. The predicted octanol–water partition coefficient (Wildman–Crippen LogP) is 2.77. The van der Waals surface area contributed by atoms with Gasteiger partial charge >= 0.3 is 0 Å². The van der Waals surface area contributed by atoms with Crippen molar-refractivity contribution in [2.45, 2.75) is 13.3 Å². The van der Waals surface area contributed by atoms with Crippen LogP contribution in [0.2, 0.25) is 0 Å². The first kappa shape index (κ1) is 21.3. The molecule has 0 bridgehead atoms. The lowest BCUT2D eigenvalue weighted by molar-refractivity contribution is -0.118. The molecule has 1 aromatic heterocycles. The van der Waals surface area contributed by atoms with Crippen LogP contribution in [0.3, 0.4) is 0 Å². The molecule has 1 aliphatic heterocycles. The Kier molecular flexibility index (Phi) is 6.84. The Bertz CT molecular complexity index is 1010. The van der Waals surface area contributed by atoms with E-state index in [0.717, 1.165) is 68.2 Å². The minimum atomic E-state index is -0.189. The van der Waals surface area contributed by atoms with Gasteiger partial charge in [0.25, 0.3) is 5.91 Å². The van der Waals surface area contributed by atoms with Crippen LogP contribution in [0.15, 0.2) is 48.5 Å². The zero-order valence-electron chi connectivity index (χ0n) is 18.4. The van der Waals surface area contributed by atoms with Crippen molar-refractivity contribution >= 4 is 22.6 Å². The van der Waals surface area contributed by atoms with E-state index in [1.807, 2.05) is 48.5 Å². The fourth-order valence-corrected chi connectivity index (χ4v) is 4.00. The molecule has 3 aromatic rings. The lowest BCUT2D eigenvalue weighted by Crippen LogP contribution is -2.46. The van der Waals surface area contributed by atoms with Gasteiger partial charge in [-0.3, -0.25) is 4.79 Å². The normalized spacial score (nSPS) is 15.3. The van der Waals surface area contributed by atoms with Crippen LogP contribution in [-0.4, -0.2) is 71.1 Å². The van der Waals surface area contributed by atoms with Gasteiger partial charge in [0.1, 0.15) is 11.6 Å². The number of benzene rings is 2. The summed E-state index contributed by atoms with van der Waals surface area (Å²) < 4.78 is 7.67. The zero-order valence-corrected chi connectivity index (χ0v) is 18.4. The second-order valence-corrected chi connectivity index (χ2v) is 7.97. The number of para-hydroxylation sites is 1. The largest absolute Gasteiger partial charge is 0.484 e. The molecular weight excluding hydrogens is 390 g/mol. The van der Waals surface area contributed by atoms with Crippen molar-refractivity contribution in [2.75, 3.05) is 51.2 Å². The monoisotopic (exact) mass is 421 g/mol. The number of aromatic nitrogens is 2. The van der Waals surface area contributed by atoms with E-state index >= 15 is 0 Å². The van der Waals surface area contributed by atoms with E-state index in [1.165, 1.54) is 0 Å². The number of carbonyl (C=O) groups is 1. The van der Waals surface area contributed by atoms with Gasteiger partial charge in [-0.2, -0.15) is 0 Å². The minimum absolute atomic E-state index is 0.0270. The second kappa shape index (κ2) is 9.94. The van der Waals surface area contributed by atoms with Crippen LogP contribution in [0, 0.1) is 0 Å². The fraction of sp³-hybridized carbons (Fsp3) is 0.417. The van der Waals surface area contributed by atoms with E-state index in [0.29, 0.717) is 5.75 Å². The molecule has 1 aliphatic rings. The molecule has 7 nitrogen and oxygen atoms in total. The summed E-state index contributed by atoms with van der Waals surface area (Å²) in [4.78, 5) is 22.1. The van der Waals surface area contributed by atoms with Crippen molar-refractivity contribution in [3.63, 3.8) is 0 Å². The average molecular weight is 422 g/mol. The van der Waals surface area contributed by atoms with E-state index in [1.54, 1.807) is 0 Å². The molecule has 0 spiro atoms. The quantitative estimate of drug-likeness (QED) is 0.606. The SMILES string of the molecule is CCN1CCN(CCc2nc3cc(NC(=O)COc4ccccc4)ccc3n2C)CC1. The van der Waals surface area contributed by atoms with E-state index in [4.69, 9.17) is 9.72 Å². The third-order valence-corrected chi connectivity index (χ3v) is 5.93. The molecule has 7 heteroatoms. The number of carbonyl (C=O) groups excluding carboxylic acids is 1. The van der Waals surface area contributed by atoms with Crippen molar-refractivity contribution in [1.29, 1.82) is 0 Å². The van der Waals surface area contributed by atoms with Crippen LogP contribution in [0.1, 0.15) is 12.7 Å². The lowest BCUT2D eigenvalue weighted by atomic mass is 10.2. The van der Waals surface area contributed by atoms with Crippen molar-refractivity contribution in [2.24, 2.45) is 7.05 Å². The van der Waals surface area contributed by atoms with E-state index in [-0.39, 0.29) is 12.5 Å². The number of nitrogens with zero attached hydrogens (tertiary/aromatic N) is 4. The first-order valence-electron chi connectivity index (χ1n) is 11.0. The number of ether oxygens (including phenoxy) is 1. The van der Waals surface area contributed by atoms with Gasteiger partial charge in [0.15, 0.2) is 6.61 Å². The average Bonchev–Trinajstić information content (AvgIpc) is 3.12. The Morgan fingerprint density at radius 2 is 1.81 bits per heavy atom. The number of nitrogens with one attached hydrogen (secondary N) is 1. The highest BCUT2D eigenvalue weighted by Gasteiger charge is 2.16. The number of amides is 1. The molecular formula is C24H31N5O2. The van der Waals surface area contributed by atoms with Gasteiger partial charge in [-0.05, 0) is 36.9 Å². The first-order chi connectivity index (χ1) is 15.1. The smallest absolute Gasteiger partial charge is 0.262 e. The molecule has 0 atom stereocenters. The summed E-state index contributed by atoms with van der Waals surface area (Å²) >= 11 is 0. The van der Waals surface area contributed by atoms with Crippen LogP contribution >= 0.6 is 0 Å². The summed E-state index contributed by atoms with van der Waals surface area (Å²) in [5.74, 6) is 1.56. The predicted molar refractivity (Wildman–Crippen MR) is 124 cm³/mol. The number of aryl methyl sites for hydroxylation is 1. The van der Waals surface area contributed by atoms with Crippen LogP contribution in [-0.2, 0) is 18.3 Å². The number of hydrogen-bond acceptors (Lipinski definition) is 5. The van der Waals surface area contributed by atoms with E-state index < -0.39 is 0 Å². The van der Waals surface area contributed by atoms with Crippen LogP contribution in [0.4, 0.5) is 5.69 Å². The summed E-state index contributed by atoms with van der Waals surface area (Å²) in [6, 6.07) is 15.2. The van der Waals surface area contributed by atoms with Crippen molar-refractivity contribution in [1.82, 2.24) is 19.4 Å². The Hall–Kier alpha value is -2.90. The topological polar surface area (TPSA) is 62.6 Å². The molecule has 2 heterocycles. The van der Waals surface area contributed by atoms with Gasteiger partial charge < -0.3 is 24.4 Å². The highest BCUT2D eigenvalue weighted by Crippen LogP contribution is 2.20. The maximum absolute atomic E-state index is 12.2. The molecule has 31 heavy (non-hydrogen) atoms. The number of piperazine rings is 1. The molecule has 1 N–H and O–H groups in total. The van der Waals surface area contributed by atoms with Crippen molar-refractivity contribution < 1.29 is 9.53 Å². The summed E-state index contributed by atoms with van der Waals surface area (Å²) in [7, 11) is 2.06. The third kappa shape index (κ3) is 5.42. The highest BCUT2D eigenvalue weighted by molar-refractivity contribution is 5.94. The van der Waals surface area contributed by atoms with Gasteiger partial charge in [0.05, 0.1) is 11.0 Å². The van der Waals surface area contributed by atoms with E-state index in [2.05, 4.69) is 33.7 Å². The van der Waals surface area contributed by atoms with Gasteiger partial charge in [-0.1, -0.05) is 25.1 Å². The number of imidazole rings is 1. The summed E-state index contributed by atoms with van der Waals surface area (Å²) in [5.41, 5.74) is 2.70. The molecule has 0 radical (unpaired) electrons. The molecule has 0 saturated carbocycles. The van der Waals surface area contributed by atoms with Gasteiger partial charge in [-0.15, -0.1) is 0 Å². The minimum Gasteiger partial charge on any atom is -0.484 e. The van der Waals surface area contributed by atoms with Gasteiger partial charge in [0, 0.05) is 51.9 Å². The molecule has 1 saturated heterocycles. The molecule has 0 unspecified atom stereocenters. The van der Waals surface area contributed by atoms with E-state index in [9.17, 15) is 4.79 Å². The van der Waals surface area contributed by atoms with Crippen LogP contribution in [0.5, 0.6) is 5.75 Å². The van der Waals surface area contributed by atoms with Crippen molar-refractivity contribution in [3.05, 3.63) is 54.4 Å². The number of rotatable bonds is 8. The number of fused-ring (bicyclic) bond motifs is 1. The highest BCUT2D eigenvalue weighted by atomic mass is 16.5. The maximum atomic E-state index is 12.2. The first-order valence-corrected chi connectivity index (χ1v) is 11.0. The molecule has 0 aliphatic carbocycles. The third-order valence-electron chi connectivity index (χ3n) is 5.93. The molecule has 2 aromatic carbocycles. The van der Waals surface area contributed by atoms with Gasteiger partial charge in [-0.25, -0.2) is 4.98 Å².